The van der Waals surface area contributed by atoms with E-state index in [0.29, 0.717) is 48.9 Å². The van der Waals surface area contributed by atoms with Gasteiger partial charge in [-0.2, -0.15) is 0 Å². The lowest BCUT2D eigenvalue weighted by atomic mass is 10.2. The Balaban J connectivity index is 1.85. The number of hydrogen-bond acceptors (Lipinski definition) is 5. The molecule has 0 bridgehead atoms. The average molecular weight is 454 g/mol. The molecule has 0 atom stereocenters. The second-order valence-electron chi connectivity index (χ2n) is 6.50. The van der Waals surface area contributed by atoms with E-state index in [4.69, 9.17) is 4.74 Å². The molecular weight excluding hydrogens is 430 g/mol. The minimum Gasteiger partial charge on any atom is -0.378 e. The van der Waals surface area contributed by atoms with Crippen molar-refractivity contribution in [3.8, 4) is 0 Å². The molecule has 146 valence electrons. The van der Waals surface area contributed by atoms with Gasteiger partial charge in [-0.1, -0.05) is 47.5 Å². The van der Waals surface area contributed by atoms with E-state index in [2.05, 4.69) is 27.8 Å². The maximum atomic E-state index is 13.0. The molecule has 0 radical (unpaired) electrons. The highest BCUT2D eigenvalue weighted by Gasteiger charge is 2.19. The summed E-state index contributed by atoms with van der Waals surface area (Å²) >= 11 is 4.77. The molecule has 1 aromatic carbocycles. The highest BCUT2D eigenvalue weighted by atomic mass is 79.9. The summed E-state index contributed by atoms with van der Waals surface area (Å²) in [5.41, 5.74) is 0.620. The van der Waals surface area contributed by atoms with Crippen molar-refractivity contribution in [3.05, 3.63) is 33.0 Å². The smallest absolute Gasteiger partial charge is 0.262 e. The number of carbonyl (C=O) groups excluding carboxylic acids is 1. The van der Waals surface area contributed by atoms with Crippen LogP contribution in [0.4, 0.5) is 0 Å². The van der Waals surface area contributed by atoms with E-state index in [1.54, 1.807) is 4.57 Å². The fourth-order valence-electron chi connectivity index (χ4n) is 3.03. The Labute approximate surface area is 171 Å². The first kappa shape index (κ1) is 20.4. The van der Waals surface area contributed by atoms with E-state index in [0.717, 1.165) is 23.7 Å². The Morgan fingerprint density at radius 2 is 2.07 bits per heavy atom. The molecule has 0 aliphatic carbocycles. The van der Waals surface area contributed by atoms with Gasteiger partial charge in [0.2, 0.25) is 5.91 Å². The number of thioether (sulfide) groups is 1. The van der Waals surface area contributed by atoms with Crippen LogP contribution < -0.4 is 5.56 Å². The number of carbonyl (C=O) groups is 1. The van der Waals surface area contributed by atoms with Crippen LogP contribution in [0, 0.1) is 0 Å². The summed E-state index contributed by atoms with van der Waals surface area (Å²) in [6.07, 6.45) is 3.06. The van der Waals surface area contributed by atoms with E-state index >= 15 is 0 Å². The van der Waals surface area contributed by atoms with Gasteiger partial charge < -0.3 is 9.64 Å². The predicted octanol–water partition coefficient (Wildman–Crippen LogP) is 3.30. The number of ether oxygens (including phenoxy) is 1. The van der Waals surface area contributed by atoms with Gasteiger partial charge in [0.15, 0.2) is 5.16 Å². The van der Waals surface area contributed by atoms with Crippen LogP contribution in [0.1, 0.15) is 26.2 Å². The van der Waals surface area contributed by atoms with Gasteiger partial charge in [-0.3, -0.25) is 14.2 Å². The van der Waals surface area contributed by atoms with Gasteiger partial charge in [-0.25, -0.2) is 4.98 Å². The summed E-state index contributed by atoms with van der Waals surface area (Å²) in [6.45, 7) is 5.18. The minimum absolute atomic E-state index is 0.0428. The van der Waals surface area contributed by atoms with Crippen LogP contribution in [0.15, 0.2) is 32.6 Å². The van der Waals surface area contributed by atoms with Crippen LogP contribution in [0.25, 0.3) is 10.9 Å². The number of aromatic nitrogens is 2. The minimum atomic E-state index is -0.0428. The van der Waals surface area contributed by atoms with E-state index < -0.39 is 0 Å². The van der Waals surface area contributed by atoms with Crippen molar-refractivity contribution in [2.24, 2.45) is 0 Å². The highest BCUT2D eigenvalue weighted by Crippen LogP contribution is 2.21. The second-order valence-corrected chi connectivity index (χ2v) is 8.36. The van der Waals surface area contributed by atoms with Crippen LogP contribution in [0.5, 0.6) is 0 Å². The van der Waals surface area contributed by atoms with E-state index in [-0.39, 0.29) is 17.2 Å². The van der Waals surface area contributed by atoms with Gasteiger partial charge in [0, 0.05) is 24.1 Å². The zero-order valence-corrected chi connectivity index (χ0v) is 17.9. The standard InChI is InChI=1S/C19H24BrN3O3S/c1-2-3-4-7-23-18(25)15-12-14(20)5-6-16(15)21-19(23)27-13-17(24)22-8-10-26-11-9-22/h5-6,12H,2-4,7-11,13H2,1H3. The lowest BCUT2D eigenvalue weighted by Crippen LogP contribution is -2.41. The van der Waals surface area contributed by atoms with Crippen LogP contribution >= 0.6 is 27.7 Å². The molecule has 2 aromatic rings. The van der Waals surface area contributed by atoms with Crippen LogP contribution in [-0.2, 0) is 16.1 Å². The van der Waals surface area contributed by atoms with Gasteiger partial charge >= 0.3 is 0 Å². The van der Waals surface area contributed by atoms with E-state index in [1.807, 2.05) is 23.1 Å². The third-order valence-corrected chi connectivity index (χ3v) is 6.01. The van der Waals surface area contributed by atoms with Crippen molar-refractivity contribution >= 4 is 44.5 Å². The van der Waals surface area contributed by atoms with Gasteiger partial charge in [0.1, 0.15) is 0 Å². The molecule has 1 fully saturated rings. The third-order valence-electron chi connectivity index (χ3n) is 4.55. The van der Waals surface area contributed by atoms with E-state index in [9.17, 15) is 9.59 Å². The molecule has 1 saturated heterocycles. The molecular formula is C19H24BrN3O3S. The normalized spacial score (nSPS) is 14.7. The lowest BCUT2D eigenvalue weighted by molar-refractivity contribution is -0.132. The number of morpholine rings is 1. The van der Waals surface area contributed by atoms with E-state index in [1.165, 1.54) is 11.8 Å². The van der Waals surface area contributed by atoms with Crippen LogP contribution in [-0.4, -0.2) is 52.4 Å². The summed E-state index contributed by atoms with van der Waals surface area (Å²) in [7, 11) is 0. The highest BCUT2D eigenvalue weighted by molar-refractivity contribution is 9.10. The van der Waals surface area contributed by atoms with Gasteiger partial charge in [0.05, 0.1) is 29.9 Å². The summed E-state index contributed by atoms with van der Waals surface area (Å²) in [5.74, 6) is 0.343. The number of fused-ring (bicyclic) bond motifs is 1. The molecule has 0 spiro atoms. The average Bonchev–Trinajstić information content (AvgIpc) is 2.69. The van der Waals surface area contributed by atoms with Crippen molar-refractivity contribution in [2.45, 2.75) is 37.9 Å². The maximum Gasteiger partial charge on any atom is 0.262 e. The fourth-order valence-corrected chi connectivity index (χ4v) is 4.32. The summed E-state index contributed by atoms with van der Waals surface area (Å²) in [5, 5.41) is 1.22. The number of amides is 1. The van der Waals surface area contributed by atoms with Gasteiger partial charge in [-0.05, 0) is 24.6 Å². The first-order valence-corrected chi connectivity index (χ1v) is 11.1. The Kier molecular flexibility index (Phi) is 7.32. The van der Waals surface area contributed by atoms with Crippen molar-refractivity contribution < 1.29 is 9.53 Å². The maximum absolute atomic E-state index is 13.0. The van der Waals surface area contributed by atoms with Crippen molar-refractivity contribution in [1.82, 2.24) is 14.5 Å². The Hall–Kier alpha value is -1.38. The largest absolute Gasteiger partial charge is 0.378 e. The Morgan fingerprint density at radius 3 is 2.81 bits per heavy atom. The molecule has 1 aliphatic rings. The van der Waals surface area contributed by atoms with Crippen molar-refractivity contribution in [2.75, 3.05) is 32.1 Å². The van der Waals surface area contributed by atoms with Crippen LogP contribution in [0.2, 0.25) is 0 Å². The Bertz CT molecular complexity index is 865. The number of rotatable bonds is 7. The summed E-state index contributed by atoms with van der Waals surface area (Å²) < 4.78 is 7.88. The first-order valence-electron chi connectivity index (χ1n) is 9.28. The first-order chi connectivity index (χ1) is 13.1. The number of hydrogen-bond donors (Lipinski definition) is 0. The summed E-state index contributed by atoms with van der Waals surface area (Å²) in [6, 6.07) is 5.53. The molecule has 1 aliphatic heterocycles. The van der Waals surface area contributed by atoms with Crippen molar-refractivity contribution in [3.63, 3.8) is 0 Å². The lowest BCUT2D eigenvalue weighted by Gasteiger charge is -2.26. The van der Waals surface area contributed by atoms with Crippen molar-refractivity contribution in [1.29, 1.82) is 0 Å². The zero-order chi connectivity index (χ0) is 19.2. The second kappa shape index (κ2) is 9.71. The molecule has 0 unspecified atom stereocenters. The molecule has 8 heteroatoms. The molecule has 3 rings (SSSR count). The van der Waals surface area contributed by atoms with Gasteiger partial charge in [-0.15, -0.1) is 0 Å². The molecule has 0 saturated carbocycles. The SMILES string of the molecule is CCCCCn1c(SCC(=O)N2CCOCC2)nc2ccc(Br)cc2c1=O. The monoisotopic (exact) mass is 453 g/mol. The predicted molar refractivity (Wildman–Crippen MR) is 111 cm³/mol. The third kappa shape index (κ3) is 5.12. The number of nitrogens with zero attached hydrogens (tertiary/aromatic N) is 3. The molecule has 6 nitrogen and oxygen atoms in total. The molecule has 1 aromatic heterocycles. The number of halogens is 1. The topological polar surface area (TPSA) is 64.4 Å². The Morgan fingerprint density at radius 1 is 1.30 bits per heavy atom. The number of unbranched alkanes of at least 4 members (excludes halogenated alkanes) is 2. The summed E-state index contributed by atoms with van der Waals surface area (Å²) in [4.78, 5) is 32.0. The quantitative estimate of drug-likeness (QED) is 0.365. The molecule has 27 heavy (non-hydrogen) atoms. The number of benzene rings is 1. The zero-order valence-electron chi connectivity index (χ0n) is 15.4. The molecule has 2 heterocycles. The van der Waals surface area contributed by atoms with Crippen LogP contribution in [0.3, 0.4) is 0 Å². The van der Waals surface area contributed by atoms with Gasteiger partial charge in [0.25, 0.3) is 5.56 Å². The fraction of sp³-hybridized carbons (Fsp3) is 0.526. The molecule has 0 N–H and O–H groups in total. The molecule has 1 amide bonds.